The van der Waals surface area contributed by atoms with E-state index in [1.165, 1.54) is 12.0 Å². The van der Waals surface area contributed by atoms with E-state index in [-0.39, 0.29) is 40.3 Å². The van der Waals surface area contributed by atoms with E-state index in [2.05, 4.69) is 38.0 Å². The first kappa shape index (κ1) is 29.8. The second-order valence-corrected chi connectivity index (χ2v) is 7.94. The van der Waals surface area contributed by atoms with Gasteiger partial charge in [-0.3, -0.25) is 9.59 Å². The van der Waals surface area contributed by atoms with Crippen LogP contribution in [0.25, 0.3) is 16.2 Å². The van der Waals surface area contributed by atoms with Crippen molar-refractivity contribution in [3.8, 4) is 0 Å². The molecule has 2 aromatic carbocycles. The van der Waals surface area contributed by atoms with E-state index in [4.69, 9.17) is 0 Å². The van der Waals surface area contributed by atoms with Gasteiger partial charge in [0.15, 0.2) is 0 Å². The summed E-state index contributed by atoms with van der Waals surface area (Å²) >= 11 is 0. The third-order valence-corrected chi connectivity index (χ3v) is 4.89. The minimum absolute atomic E-state index is 0. The van der Waals surface area contributed by atoms with Gasteiger partial charge < -0.3 is 17.7 Å². The van der Waals surface area contributed by atoms with E-state index in [0.29, 0.717) is 5.56 Å². The number of rotatable bonds is 4. The SMILES string of the molecule is CC.CC1(C)C[N-]c2cc(CC(=O)C(=O)c3c[nH]c4ccccc34)ccc21.CCC.[CH3-].[W+2]. The monoisotopic (exact) mass is 604 g/mol. The third kappa shape index (κ3) is 6.65. The molecular weight excluding hydrogens is 568 g/mol. The molecule has 2 heterocycles. The summed E-state index contributed by atoms with van der Waals surface area (Å²) in [5, 5.41) is 5.34. The second kappa shape index (κ2) is 13.4. The molecule has 4 nitrogen and oxygen atoms in total. The smallest absolute Gasteiger partial charge is 0.683 e. The average Bonchev–Trinajstić information content (AvgIpc) is 3.30. The molecule has 0 spiro atoms. The number of carbonyl (C=O) groups is 2. The number of fused-ring (bicyclic) bond motifs is 2. The zero-order valence-corrected chi connectivity index (χ0v) is 23.3. The van der Waals surface area contributed by atoms with E-state index in [1.807, 2.05) is 56.3 Å². The van der Waals surface area contributed by atoms with Gasteiger partial charge in [-0.2, -0.15) is 0 Å². The minimum atomic E-state index is -0.449. The summed E-state index contributed by atoms with van der Waals surface area (Å²) in [5.74, 6) is -0.850. The zero-order valence-electron chi connectivity index (χ0n) is 20.4. The molecule has 5 heteroatoms. The van der Waals surface area contributed by atoms with Gasteiger partial charge in [-0.05, 0) is 17.0 Å². The van der Waals surface area contributed by atoms with Crippen molar-refractivity contribution in [2.45, 2.75) is 59.8 Å². The maximum atomic E-state index is 12.6. The number of aromatic amines is 1. The van der Waals surface area contributed by atoms with Crippen LogP contribution in [0.1, 0.15) is 69.4 Å². The number of nitrogens with zero attached hydrogens (tertiary/aromatic N) is 1. The van der Waals surface area contributed by atoms with Crippen molar-refractivity contribution in [3.05, 3.63) is 78.1 Å². The van der Waals surface area contributed by atoms with Gasteiger partial charge in [0.1, 0.15) is 0 Å². The van der Waals surface area contributed by atoms with Crippen LogP contribution in [-0.4, -0.2) is 23.1 Å². The largest absolute Gasteiger partial charge is 2.00 e. The molecule has 32 heavy (non-hydrogen) atoms. The van der Waals surface area contributed by atoms with Crippen molar-refractivity contribution in [2.75, 3.05) is 6.54 Å². The fourth-order valence-electron chi connectivity index (χ4n) is 3.43. The van der Waals surface area contributed by atoms with Gasteiger partial charge in [0.05, 0.1) is 5.56 Å². The Morgan fingerprint density at radius 3 is 2.34 bits per heavy atom. The number of ketones is 2. The van der Waals surface area contributed by atoms with Crippen LogP contribution in [0.3, 0.4) is 0 Å². The van der Waals surface area contributed by atoms with Crippen molar-refractivity contribution in [2.24, 2.45) is 0 Å². The Labute approximate surface area is 207 Å². The molecule has 0 unspecified atom stereocenters. The predicted molar refractivity (Wildman–Crippen MR) is 132 cm³/mol. The number of Topliss-reactive ketones (excluding diaryl/α,β-unsaturated/α-hetero) is 2. The molecule has 172 valence electrons. The Morgan fingerprint density at radius 1 is 1.06 bits per heavy atom. The second-order valence-electron chi connectivity index (χ2n) is 7.94. The number of para-hydroxylation sites is 1. The summed E-state index contributed by atoms with van der Waals surface area (Å²) in [6, 6.07) is 13.4. The van der Waals surface area contributed by atoms with Crippen LogP contribution in [0.5, 0.6) is 0 Å². The Hall–Kier alpha value is -2.19. The topological polar surface area (TPSA) is 64.0 Å². The van der Waals surface area contributed by atoms with Gasteiger partial charge in [0, 0.05) is 23.5 Å². The first-order valence-electron chi connectivity index (χ1n) is 10.8. The van der Waals surface area contributed by atoms with Crippen LogP contribution in [0.4, 0.5) is 5.69 Å². The standard InChI is InChI=1S/C21H19N2O2.C3H8.C2H6.CH3.W/c1-21(2)12-23-18-9-13(7-8-16(18)21)10-19(24)20(25)15-11-22-17-6-4-3-5-14(15)17;1-3-2;1-2;;/h3-9,11H,10,12H2,1-2H3,(H,22,25);3H2,1-2H3;1-2H3;1H3;/q-1;;;-1;+2. The summed E-state index contributed by atoms with van der Waals surface area (Å²) in [4.78, 5) is 28.1. The maximum Gasteiger partial charge on any atom is 2.00 e. The molecule has 1 aliphatic rings. The number of H-pyrrole nitrogens is 1. The maximum absolute atomic E-state index is 12.6. The van der Waals surface area contributed by atoms with Gasteiger partial charge in [0.25, 0.3) is 0 Å². The van der Waals surface area contributed by atoms with E-state index < -0.39 is 11.6 Å². The van der Waals surface area contributed by atoms with Crippen LogP contribution in [-0.2, 0) is 37.7 Å². The number of nitrogens with one attached hydrogen (secondary N) is 1. The molecule has 4 rings (SSSR count). The summed E-state index contributed by atoms with van der Waals surface area (Å²) < 4.78 is 0. The zero-order chi connectivity index (χ0) is 22.3. The van der Waals surface area contributed by atoms with E-state index in [0.717, 1.165) is 28.7 Å². The Kier molecular flexibility index (Phi) is 12.5. The molecule has 0 aliphatic carbocycles. The first-order chi connectivity index (χ1) is 14.4. The summed E-state index contributed by atoms with van der Waals surface area (Å²) in [6.07, 6.45) is 2.97. The van der Waals surface area contributed by atoms with Gasteiger partial charge in [-0.25, -0.2) is 0 Å². The van der Waals surface area contributed by atoms with Crippen LogP contribution < -0.4 is 0 Å². The van der Waals surface area contributed by atoms with E-state index in [1.54, 1.807) is 6.20 Å². The Bertz CT molecular complexity index is 1020. The normalized spacial score (nSPS) is 12.4. The van der Waals surface area contributed by atoms with Crippen molar-refractivity contribution in [1.82, 2.24) is 4.98 Å². The summed E-state index contributed by atoms with van der Waals surface area (Å²) in [5.41, 5.74) is 4.31. The van der Waals surface area contributed by atoms with E-state index >= 15 is 0 Å². The quantitative estimate of drug-likeness (QED) is 0.192. The van der Waals surface area contributed by atoms with E-state index in [9.17, 15) is 9.59 Å². The molecular formula is C27H36N2O2W. The molecule has 3 aromatic rings. The molecule has 0 fully saturated rings. The summed E-state index contributed by atoms with van der Waals surface area (Å²) in [7, 11) is 0. The molecule has 1 aromatic heterocycles. The average molecular weight is 604 g/mol. The molecule has 1 aliphatic heterocycles. The number of carbonyl (C=O) groups excluding carboxylic acids is 2. The van der Waals surface area contributed by atoms with Crippen LogP contribution >= 0.6 is 0 Å². The molecule has 0 radical (unpaired) electrons. The number of aromatic nitrogens is 1. The first-order valence-corrected chi connectivity index (χ1v) is 10.8. The number of benzene rings is 2. The van der Waals surface area contributed by atoms with Gasteiger partial charge >= 0.3 is 21.1 Å². The Morgan fingerprint density at radius 2 is 1.69 bits per heavy atom. The van der Waals surface area contributed by atoms with Crippen molar-refractivity contribution in [3.63, 3.8) is 0 Å². The Balaban J connectivity index is 0.00000127. The number of hydrogen-bond acceptors (Lipinski definition) is 2. The molecule has 0 amide bonds. The molecule has 0 saturated heterocycles. The molecule has 0 bridgehead atoms. The van der Waals surface area contributed by atoms with Gasteiger partial charge in [-0.1, -0.05) is 89.9 Å². The third-order valence-electron chi connectivity index (χ3n) is 4.89. The predicted octanol–water partition coefficient (Wildman–Crippen LogP) is 7.35. The van der Waals surface area contributed by atoms with Gasteiger partial charge in [-0.15, -0.1) is 12.2 Å². The molecule has 0 saturated carbocycles. The van der Waals surface area contributed by atoms with Crippen molar-refractivity contribution in [1.29, 1.82) is 0 Å². The van der Waals surface area contributed by atoms with Crippen LogP contribution in [0, 0.1) is 7.43 Å². The fourth-order valence-corrected chi connectivity index (χ4v) is 3.43. The van der Waals surface area contributed by atoms with Crippen LogP contribution in [0.2, 0.25) is 0 Å². The fraction of sp³-hybridized carbons (Fsp3) is 0.370. The van der Waals surface area contributed by atoms with Crippen molar-refractivity contribution < 1.29 is 30.7 Å². The molecule has 1 N–H and O–H groups in total. The number of hydrogen-bond donors (Lipinski definition) is 1. The minimum Gasteiger partial charge on any atom is -0.683 e. The van der Waals surface area contributed by atoms with Gasteiger partial charge in [0.2, 0.25) is 11.6 Å². The van der Waals surface area contributed by atoms with Crippen LogP contribution in [0.15, 0.2) is 48.7 Å². The summed E-state index contributed by atoms with van der Waals surface area (Å²) in [6.45, 7) is 13.3. The molecule has 0 atom stereocenters. The van der Waals surface area contributed by atoms with Crippen molar-refractivity contribution >= 4 is 28.2 Å².